The Morgan fingerprint density at radius 2 is 2.18 bits per heavy atom. The summed E-state index contributed by atoms with van der Waals surface area (Å²) in [5.74, 6) is 0. The van der Waals surface area contributed by atoms with Gasteiger partial charge in [-0.3, -0.25) is 0 Å². The fourth-order valence-corrected chi connectivity index (χ4v) is 2.52. The summed E-state index contributed by atoms with van der Waals surface area (Å²) < 4.78 is 5.31. The summed E-state index contributed by atoms with van der Waals surface area (Å²) >= 11 is 0. The van der Waals surface area contributed by atoms with Crippen molar-refractivity contribution in [2.45, 2.75) is 44.6 Å². The maximum atomic E-state index is 12.2. The first-order chi connectivity index (χ1) is 10.6. The monoisotopic (exact) mass is 304 g/mol. The Hall–Kier alpha value is -2.24. The minimum absolute atomic E-state index is 0.0724. The van der Waals surface area contributed by atoms with Crippen LogP contribution in [-0.4, -0.2) is 40.8 Å². The number of nitrogens with zero attached hydrogens (tertiary/aromatic N) is 4. The van der Waals surface area contributed by atoms with Gasteiger partial charge >= 0.3 is 6.09 Å². The van der Waals surface area contributed by atoms with E-state index in [-0.39, 0.29) is 19.2 Å². The number of ether oxygens (including phenoxy) is 1. The molecule has 3 atom stereocenters. The van der Waals surface area contributed by atoms with Gasteiger partial charge in [0.25, 0.3) is 0 Å². The first kappa shape index (κ1) is 16.1. The van der Waals surface area contributed by atoms with Crippen LogP contribution in [-0.2, 0) is 11.3 Å². The highest BCUT2D eigenvalue weighted by molar-refractivity contribution is 5.68. The standard InChI is InChI=1S/C15H20N4O3/c1-11-7-8-13(17-18-16)14(20)9-19(11)15(21)22-10-12-5-3-2-4-6-12/h2-6,11,13-14,20H,7-10H2,1H3/t11-,13-,14+/m1/s1. The molecule has 1 aliphatic rings. The zero-order chi connectivity index (χ0) is 15.9. The third kappa shape index (κ3) is 4.13. The number of azide groups is 1. The minimum atomic E-state index is -0.870. The molecule has 0 aliphatic carbocycles. The highest BCUT2D eigenvalue weighted by atomic mass is 16.6. The fraction of sp³-hybridized carbons (Fsp3) is 0.533. The molecule has 0 saturated carbocycles. The Morgan fingerprint density at radius 3 is 2.86 bits per heavy atom. The summed E-state index contributed by atoms with van der Waals surface area (Å²) in [6, 6.07) is 8.85. The van der Waals surface area contributed by atoms with Gasteiger partial charge in [0.05, 0.1) is 18.7 Å². The van der Waals surface area contributed by atoms with E-state index in [1.165, 1.54) is 4.90 Å². The van der Waals surface area contributed by atoms with E-state index >= 15 is 0 Å². The average Bonchev–Trinajstić information content (AvgIpc) is 2.67. The van der Waals surface area contributed by atoms with Gasteiger partial charge in [0.2, 0.25) is 0 Å². The maximum Gasteiger partial charge on any atom is 0.410 e. The van der Waals surface area contributed by atoms with Crippen LogP contribution in [0, 0.1) is 0 Å². The van der Waals surface area contributed by atoms with Crippen LogP contribution in [0.25, 0.3) is 10.4 Å². The van der Waals surface area contributed by atoms with Gasteiger partial charge < -0.3 is 14.7 Å². The molecule has 7 heteroatoms. The maximum absolute atomic E-state index is 12.2. The quantitative estimate of drug-likeness (QED) is 0.528. The number of aliphatic hydroxyl groups excluding tert-OH is 1. The molecule has 1 aliphatic heterocycles. The van der Waals surface area contributed by atoms with Gasteiger partial charge in [0, 0.05) is 11.0 Å². The van der Waals surface area contributed by atoms with Gasteiger partial charge in [-0.05, 0) is 30.9 Å². The van der Waals surface area contributed by atoms with E-state index in [1.807, 2.05) is 37.3 Å². The summed E-state index contributed by atoms with van der Waals surface area (Å²) in [7, 11) is 0. The highest BCUT2D eigenvalue weighted by Gasteiger charge is 2.32. The Labute approximate surface area is 129 Å². The second kappa shape index (κ2) is 7.68. The highest BCUT2D eigenvalue weighted by Crippen LogP contribution is 2.21. The van der Waals surface area contributed by atoms with Crippen LogP contribution in [0.4, 0.5) is 4.79 Å². The van der Waals surface area contributed by atoms with Crippen LogP contribution in [0.2, 0.25) is 0 Å². The summed E-state index contributed by atoms with van der Waals surface area (Å²) in [6.45, 7) is 2.20. The number of carbonyl (C=O) groups is 1. The second-order valence-corrected chi connectivity index (χ2v) is 5.46. The topological polar surface area (TPSA) is 98.5 Å². The molecule has 1 aromatic carbocycles. The Balaban J connectivity index is 1.97. The molecule has 1 fully saturated rings. The SMILES string of the molecule is C[C@@H]1CC[C@@H](N=[N+]=[N-])[C@@H](O)CN1C(=O)OCc1ccccc1. The van der Waals surface area contributed by atoms with Gasteiger partial charge in [-0.15, -0.1) is 0 Å². The summed E-state index contributed by atoms with van der Waals surface area (Å²) in [4.78, 5) is 16.5. The van der Waals surface area contributed by atoms with Crippen molar-refractivity contribution in [2.24, 2.45) is 5.11 Å². The van der Waals surface area contributed by atoms with Crippen LogP contribution < -0.4 is 0 Å². The van der Waals surface area contributed by atoms with E-state index in [9.17, 15) is 9.90 Å². The van der Waals surface area contributed by atoms with Crippen molar-refractivity contribution in [3.05, 3.63) is 46.3 Å². The molecule has 1 saturated heterocycles. The van der Waals surface area contributed by atoms with Crippen molar-refractivity contribution >= 4 is 6.09 Å². The number of carbonyl (C=O) groups excluding carboxylic acids is 1. The molecule has 7 nitrogen and oxygen atoms in total. The van der Waals surface area contributed by atoms with E-state index in [4.69, 9.17) is 10.3 Å². The third-order valence-electron chi connectivity index (χ3n) is 3.88. The van der Waals surface area contributed by atoms with Crippen molar-refractivity contribution < 1.29 is 14.6 Å². The number of aliphatic hydroxyl groups is 1. The lowest BCUT2D eigenvalue weighted by Gasteiger charge is -2.27. The zero-order valence-electron chi connectivity index (χ0n) is 12.5. The van der Waals surface area contributed by atoms with Crippen molar-refractivity contribution in [1.82, 2.24) is 4.90 Å². The molecule has 1 N–H and O–H groups in total. The minimum Gasteiger partial charge on any atom is -0.445 e. The predicted octanol–water partition coefficient (Wildman–Crippen LogP) is 2.85. The molecule has 118 valence electrons. The number of β-amino-alcohol motifs (C(OH)–C–C–N with tert-alkyl or cyclic N) is 1. The van der Waals surface area contributed by atoms with Gasteiger partial charge in [0.1, 0.15) is 6.61 Å². The van der Waals surface area contributed by atoms with Gasteiger partial charge in [-0.2, -0.15) is 0 Å². The van der Waals surface area contributed by atoms with Crippen LogP contribution in [0.15, 0.2) is 35.4 Å². The molecule has 22 heavy (non-hydrogen) atoms. The second-order valence-electron chi connectivity index (χ2n) is 5.46. The van der Waals surface area contributed by atoms with Gasteiger partial charge in [0.15, 0.2) is 0 Å². The number of rotatable bonds is 3. The van der Waals surface area contributed by atoms with E-state index in [1.54, 1.807) is 0 Å². The zero-order valence-corrected chi connectivity index (χ0v) is 12.5. The average molecular weight is 304 g/mol. The summed E-state index contributed by atoms with van der Waals surface area (Å²) in [6.07, 6.45) is -0.127. The van der Waals surface area contributed by atoms with Crippen LogP contribution >= 0.6 is 0 Å². The molecule has 0 spiro atoms. The number of likely N-dealkylation sites (tertiary alicyclic amines) is 1. The number of hydrogen-bond donors (Lipinski definition) is 1. The van der Waals surface area contributed by atoms with Crippen LogP contribution in [0.3, 0.4) is 0 Å². The van der Waals surface area contributed by atoms with Crippen molar-refractivity contribution in [1.29, 1.82) is 0 Å². The van der Waals surface area contributed by atoms with Gasteiger partial charge in [-0.1, -0.05) is 35.4 Å². The molecule has 0 bridgehead atoms. The molecular weight excluding hydrogens is 284 g/mol. The number of amides is 1. The number of hydrogen-bond acceptors (Lipinski definition) is 4. The molecule has 1 aromatic rings. The van der Waals surface area contributed by atoms with E-state index < -0.39 is 18.2 Å². The van der Waals surface area contributed by atoms with Crippen LogP contribution in [0.1, 0.15) is 25.3 Å². The van der Waals surface area contributed by atoms with E-state index in [0.29, 0.717) is 12.8 Å². The molecule has 0 unspecified atom stereocenters. The summed E-state index contributed by atoms with van der Waals surface area (Å²) in [5, 5.41) is 13.7. The predicted molar refractivity (Wildman–Crippen MR) is 81.0 cm³/mol. The molecule has 1 amide bonds. The fourth-order valence-electron chi connectivity index (χ4n) is 2.52. The van der Waals surface area contributed by atoms with Crippen molar-refractivity contribution in [2.75, 3.05) is 6.54 Å². The molecule has 1 heterocycles. The lowest BCUT2D eigenvalue weighted by atomic mass is 10.1. The smallest absolute Gasteiger partial charge is 0.410 e. The first-order valence-corrected chi connectivity index (χ1v) is 7.31. The molecule has 2 rings (SSSR count). The lowest BCUT2D eigenvalue weighted by Crippen LogP contribution is -2.43. The molecule has 0 radical (unpaired) electrons. The molecular formula is C15H20N4O3. The van der Waals surface area contributed by atoms with Gasteiger partial charge in [-0.25, -0.2) is 4.79 Å². The first-order valence-electron chi connectivity index (χ1n) is 7.31. The Morgan fingerprint density at radius 1 is 1.45 bits per heavy atom. The largest absolute Gasteiger partial charge is 0.445 e. The lowest BCUT2D eigenvalue weighted by molar-refractivity contribution is 0.0582. The van der Waals surface area contributed by atoms with Crippen LogP contribution in [0.5, 0.6) is 0 Å². The van der Waals surface area contributed by atoms with Crippen molar-refractivity contribution in [3.63, 3.8) is 0 Å². The normalized spacial score (nSPS) is 25.0. The Kier molecular flexibility index (Phi) is 5.63. The van der Waals surface area contributed by atoms with E-state index in [2.05, 4.69) is 10.0 Å². The Bertz CT molecular complexity index is 545. The van der Waals surface area contributed by atoms with Crippen molar-refractivity contribution in [3.8, 4) is 0 Å². The number of benzene rings is 1. The third-order valence-corrected chi connectivity index (χ3v) is 3.88. The summed E-state index contributed by atoms with van der Waals surface area (Å²) in [5.41, 5.74) is 9.43. The molecule has 0 aromatic heterocycles. The van der Waals surface area contributed by atoms with E-state index in [0.717, 1.165) is 5.56 Å².